The first-order valence-electron chi connectivity index (χ1n) is 5.61. The first-order chi connectivity index (χ1) is 8.11. The molecule has 0 aromatic carbocycles. The van der Waals surface area contributed by atoms with Crippen molar-refractivity contribution in [3.8, 4) is 0 Å². The van der Waals surface area contributed by atoms with Gasteiger partial charge in [0.05, 0.1) is 10.9 Å². The summed E-state index contributed by atoms with van der Waals surface area (Å²) in [6, 6.07) is 4.23. The fraction of sp³-hybridized carbons (Fsp3) is 0.583. The number of nitrogens with zero attached hydrogens (tertiary/aromatic N) is 1. The highest BCUT2D eigenvalue weighted by Gasteiger charge is 2.04. The van der Waals surface area contributed by atoms with Gasteiger partial charge in [-0.05, 0) is 54.5 Å². The van der Waals surface area contributed by atoms with Crippen LogP contribution in [0.3, 0.4) is 0 Å². The minimum atomic E-state index is -0.124. The maximum absolute atomic E-state index is 10.9. The molecule has 0 fully saturated rings. The van der Waals surface area contributed by atoms with Crippen LogP contribution in [0, 0.1) is 0 Å². The van der Waals surface area contributed by atoms with E-state index in [-0.39, 0.29) is 5.97 Å². The molecule has 3 nitrogen and oxygen atoms in total. The summed E-state index contributed by atoms with van der Waals surface area (Å²) in [5, 5.41) is 0. The van der Waals surface area contributed by atoms with Gasteiger partial charge >= 0.3 is 5.97 Å². The number of esters is 1. The van der Waals surface area contributed by atoms with E-state index < -0.39 is 0 Å². The number of ether oxygens (including phenoxy) is 1. The average molecular weight is 320 g/mol. The maximum Gasteiger partial charge on any atom is 0.305 e. The van der Waals surface area contributed by atoms with E-state index in [4.69, 9.17) is 0 Å². The highest BCUT2D eigenvalue weighted by Crippen LogP contribution is 2.22. The van der Waals surface area contributed by atoms with Crippen molar-refractivity contribution in [1.29, 1.82) is 0 Å². The molecule has 1 rings (SSSR count). The highest BCUT2D eigenvalue weighted by molar-refractivity contribution is 9.11. The Morgan fingerprint density at radius 3 is 2.82 bits per heavy atom. The van der Waals surface area contributed by atoms with Crippen molar-refractivity contribution in [3.05, 3.63) is 20.8 Å². The molecule has 0 radical (unpaired) electrons. The molecule has 0 N–H and O–H groups in total. The molecular weight excluding hydrogens is 302 g/mol. The van der Waals surface area contributed by atoms with Crippen LogP contribution >= 0.6 is 27.3 Å². The largest absolute Gasteiger partial charge is 0.469 e. The van der Waals surface area contributed by atoms with Crippen molar-refractivity contribution in [2.45, 2.75) is 19.3 Å². The van der Waals surface area contributed by atoms with Crippen LogP contribution in [0.4, 0.5) is 0 Å². The molecule has 1 heterocycles. The molecule has 0 unspecified atom stereocenters. The molecule has 0 aliphatic rings. The van der Waals surface area contributed by atoms with Gasteiger partial charge in [0.25, 0.3) is 0 Å². The van der Waals surface area contributed by atoms with Gasteiger partial charge in [-0.3, -0.25) is 4.79 Å². The Morgan fingerprint density at radius 1 is 1.47 bits per heavy atom. The third kappa shape index (κ3) is 6.19. The van der Waals surface area contributed by atoms with E-state index in [1.54, 1.807) is 11.3 Å². The van der Waals surface area contributed by atoms with Gasteiger partial charge in [0.2, 0.25) is 0 Å². The second-order valence-corrected chi connectivity index (χ2v) is 6.49. The maximum atomic E-state index is 10.9. The number of halogens is 1. The number of methoxy groups -OCH3 is 1. The van der Waals surface area contributed by atoms with Crippen molar-refractivity contribution >= 4 is 33.2 Å². The number of carbonyl (C=O) groups excluding carboxylic acids is 1. The fourth-order valence-corrected chi connectivity index (χ4v) is 2.97. The molecule has 0 atom stereocenters. The summed E-state index contributed by atoms with van der Waals surface area (Å²) in [7, 11) is 3.51. The summed E-state index contributed by atoms with van der Waals surface area (Å²) in [5.41, 5.74) is 0. The van der Waals surface area contributed by atoms with Crippen LogP contribution in [0.15, 0.2) is 15.9 Å². The van der Waals surface area contributed by atoms with Gasteiger partial charge in [-0.25, -0.2) is 0 Å². The van der Waals surface area contributed by atoms with E-state index in [9.17, 15) is 4.79 Å². The lowest BCUT2D eigenvalue weighted by Crippen LogP contribution is -2.22. The minimum Gasteiger partial charge on any atom is -0.469 e. The first-order valence-corrected chi connectivity index (χ1v) is 7.22. The Balaban J connectivity index is 2.13. The van der Waals surface area contributed by atoms with Crippen LogP contribution in [0.5, 0.6) is 0 Å². The summed E-state index contributed by atoms with van der Waals surface area (Å²) in [6.45, 7) is 1.95. The Morgan fingerprint density at radius 2 is 2.24 bits per heavy atom. The number of carbonyl (C=O) groups is 1. The average Bonchev–Trinajstić information content (AvgIpc) is 2.72. The molecule has 0 saturated heterocycles. The Hall–Kier alpha value is -0.390. The van der Waals surface area contributed by atoms with Crippen molar-refractivity contribution in [1.82, 2.24) is 4.90 Å². The smallest absolute Gasteiger partial charge is 0.305 e. The zero-order valence-corrected chi connectivity index (χ0v) is 12.6. The molecule has 0 bridgehead atoms. The minimum absolute atomic E-state index is 0.124. The number of rotatable bonds is 7. The normalized spacial score (nSPS) is 10.8. The lowest BCUT2D eigenvalue weighted by molar-refractivity contribution is -0.140. The van der Waals surface area contributed by atoms with Crippen LogP contribution < -0.4 is 0 Å². The topological polar surface area (TPSA) is 29.5 Å². The zero-order valence-electron chi connectivity index (χ0n) is 10.2. The molecule has 0 aliphatic heterocycles. The monoisotopic (exact) mass is 319 g/mol. The van der Waals surface area contributed by atoms with Gasteiger partial charge < -0.3 is 9.64 Å². The lowest BCUT2D eigenvalue weighted by Gasteiger charge is -2.15. The van der Waals surface area contributed by atoms with Gasteiger partial charge in [-0.15, -0.1) is 11.3 Å². The molecular formula is C12H18BrNO2S. The van der Waals surface area contributed by atoms with Crippen LogP contribution in [0.2, 0.25) is 0 Å². The standard InChI is InChI=1S/C12H18BrNO2S/c1-14(8-3-4-12(15)16-2)9-7-10-5-6-11(13)17-10/h5-6H,3-4,7-9H2,1-2H3. The van der Waals surface area contributed by atoms with Crippen LogP contribution in [0.25, 0.3) is 0 Å². The molecule has 0 amide bonds. The molecule has 17 heavy (non-hydrogen) atoms. The fourth-order valence-electron chi connectivity index (χ4n) is 1.49. The number of thiophene rings is 1. The molecule has 96 valence electrons. The van der Waals surface area contributed by atoms with Crippen molar-refractivity contribution in [2.75, 3.05) is 27.2 Å². The predicted octanol–water partition coefficient (Wildman–Crippen LogP) is 2.94. The van der Waals surface area contributed by atoms with Crippen molar-refractivity contribution < 1.29 is 9.53 Å². The van der Waals surface area contributed by atoms with Crippen molar-refractivity contribution in [2.24, 2.45) is 0 Å². The summed E-state index contributed by atoms with van der Waals surface area (Å²) in [5.74, 6) is -0.124. The van der Waals surface area contributed by atoms with E-state index in [1.165, 1.54) is 15.8 Å². The molecule has 0 spiro atoms. The Kier molecular flexibility index (Phi) is 6.77. The number of hydrogen-bond donors (Lipinski definition) is 0. The molecule has 0 saturated carbocycles. The Bertz CT molecular complexity index is 354. The molecule has 0 aliphatic carbocycles. The summed E-state index contributed by atoms with van der Waals surface area (Å²) >= 11 is 5.24. The van der Waals surface area contributed by atoms with E-state index in [0.717, 1.165) is 25.9 Å². The molecule has 5 heteroatoms. The third-order valence-corrected chi connectivity index (χ3v) is 4.20. The van der Waals surface area contributed by atoms with E-state index in [2.05, 4.69) is 44.7 Å². The number of hydrogen-bond acceptors (Lipinski definition) is 4. The summed E-state index contributed by atoms with van der Waals surface area (Å²) in [4.78, 5) is 14.6. The van der Waals surface area contributed by atoms with Crippen LogP contribution in [-0.4, -0.2) is 38.1 Å². The second-order valence-electron chi connectivity index (χ2n) is 3.94. The van der Waals surface area contributed by atoms with Gasteiger partial charge in [0, 0.05) is 17.8 Å². The zero-order chi connectivity index (χ0) is 12.7. The van der Waals surface area contributed by atoms with Crippen LogP contribution in [0.1, 0.15) is 17.7 Å². The molecule has 1 aromatic heterocycles. The van der Waals surface area contributed by atoms with Crippen molar-refractivity contribution in [3.63, 3.8) is 0 Å². The quantitative estimate of drug-likeness (QED) is 0.724. The van der Waals surface area contributed by atoms with E-state index >= 15 is 0 Å². The number of likely N-dealkylation sites (N-methyl/N-ethyl adjacent to an activating group) is 1. The predicted molar refractivity (Wildman–Crippen MR) is 74.5 cm³/mol. The summed E-state index contributed by atoms with van der Waals surface area (Å²) in [6.07, 6.45) is 2.42. The van der Waals surface area contributed by atoms with Gasteiger partial charge in [-0.2, -0.15) is 0 Å². The Labute approximate surface area is 115 Å². The van der Waals surface area contributed by atoms with E-state index in [0.29, 0.717) is 6.42 Å². The third-order valence-electron chi connectivity index (χ3n) is 2.52. The second kappa shape index (κ2) is 7.84. The summed E-state index contributed by atoms with van der Waals surface area (Å²) < 4.78 is 5.78. The van der Waals surface area contributed by atoms with Gasteiger partial charge in [-0.1, -0.05) is 0 Å². The van der Waals surface area contributed by atoms with Gasteiger partial charge in [0.15, 0.2) is 0 Å². The van der Waals surface area contributed by atoms with Gasteiger partial charge in [0.1, 0.15) is 0 Å². The highest BCUT2D eigenvalue weighted by atomic mass is 79.9. The lowest BCUT2D eigenvalue weighted by atomic mass is 10.3. The molecule has 1 aromatic rings. The van der Waals surface area contributed by atoms with Crippen LogP contribution in [-0.2, 0) is 16.0 Å². The van der Waals surface area contributed by atoms with E-state index in [1.807, 2.05) is 0 Å². The SMILES string of the molecule is COC(=O)CCCN(C)CCc1ccc(Br)s1. The first kappa shape index (κ1) is 14.7.